The summed E-state index contributed by atoms with van der Waals surface area (Å²) in [5.41, 5.74) is 0.291. The average Bonchev–Trinajstić information content (AvgIpc) is 2.44. The summed E-state index contributed by atoms with van der Waals surface area (Å²) in [6, 6.07) is 3.70. The number of hydrogen-bond donors (Lipinski definition) is 2. The summed E-state index contributed by atoms with van der Waals surface area (Å²) in [4.78, 5) is 24.8. The van der Waals surface area contributed by atoms with E-state index in [-0.39, 0.29) is 6.61 Å². The Morgan fingerprint density at radius 1 is 1.12 bits per heavy atom. The molecule has 2 amide bonds. The molecule has 1 aromatic carbocycles. The number of esters is 1. The van der Waals surface area contributed by atoms with Crippen molar-refractivity contribution in [2.75, 3.05) is 11.9 Å². The van der Waals surface area contributed by atoms with Crippen LogP contribution in [0.3, 0.4) is 0 Å². The number of rotatable bonds is 5. The summed E-state index contributed by atoms with van der Waals surface area (Å²) < 4.78 is 11.0. The molecule has 0 aromatic heterocycles. The zero-order valence-electron chi connectivity index (χ0n) is 16.5. The lowest BCUT2D eigenvalue weighted by Gasteiger charge is -2.27. The molecule has 0 bridgehead atoms. The van der Waals surface area contributed by atoms with Crippen LogP contribution in [-0.4, -0.2) is 35.9 Å². The van der Waals surface area contributed by atoms with Crippen LogP contribution in [-0.2, 0) is 14.3 Å². The smallest absolute Gasteiger partial charge is 0.331 e. The zero-order chi connectivity index (χ0) is 20.1. The SMILES string of the molecule is Cc1ccc(Cl)cc1NC(=O)NC(COC(C)(C)C)C(=O)OC(C)(C)C. The molecule has 0 aliphatic rings. The van der Waals surface area contributed by atoms with E-state index in [1.165, 1.54) is 0 Å². The predicted molar refractivity (Wildman–Crippen MR) is 104 cm³/mol. The first-order valence-corrected chi connectivity index (χ1v) is 8.85. The van der Waals surface area contributed by atoms with Gasteiger partial charge in [-0.2, -0.15) is 0 Å². The monoisotopic (exact) mass is 384 g/mol. The quantitative estimate of drug-likeness (QED) is 0.742. The molecule has 146 valence electrons. The van der Waals surface area contributed by atoms with E-state index < -0.39 is 29.2 Å². The number of nitrogens with one attached hydrogen (secondary N) is 2. The van der Waals surface area contributed by atoms with Crippen LogP contribution in [0.1, 0.15) is 47.1 Å². The number of carbonyl (C=O) groups is 2. The van der Waals surface area contributed by atoms with Gasteiger partial charge in [0.05, 0.1) is 12.2 Å². The summed E-state index contributed by atoms with van der Waals surface area (Å²) in [5.74, 6) is -0.556. The van der Waals surface area contributed by atoms with E-state index in [1.54, 1.807) is 39.0 Å². The molecule has 1 rings (SSSR count). The molecule has 2 N–H and O–H groups in total. The van der Waals surface area contributed by atoms with Crippen LogP contribution in [0.25, 0.3) is 0 Å². The Bertz CT molecular complexity index is 648. The van der Waals surface area contributed by atoms with E-state index in [9.17, 15) is 9.59 Å². The van der Waals surface area contributed by atoms with Crippen molar-refractivity contribution < 1.29 is 19.1 Å². The molecule has 0 fully saturated rings. The fourth-order valence-electron chi connectivity index (χ4n) is 1.92. The minimum Gasteiger partial charge on any atom is -0.458 e. The van der Waals surface area contributed by atoms with Crippen molar-refractivity contribution in [3.63, 3.8) is 0 Å². The summed E-state index contributed by atoms with van der Waals surface area (Å²) >= 11 is 5.96. The van der Waals surface area contributed by atoms with Crippen LogP contribution in [0, 0.1) is 6.92 Å². The lowest BCUT2D eigenvalue weighted by atomic mass is 10.1. The van der Waals surface area contributed by atoms with Gasteiger partial charge in [-0.1, -0.05) is 17.7 Å². The van der Waals surface area contributed by atoms with E-state index in [0.29, 0.717) is 10.7 Å². The summed E-state index contributed by atoms with van der Waals surface area (Å²) in [6.45, 7) is 12.8. The molecule has 1 atom stereocenters. The van der Waals surface area contributed by atoms with Crippen molar-refractivity contribution in [2.24, 2.45) is 0 Å². The third-order valence-electron chi connectivity index (χ3n) is 3.13. The number of anilines is 1. The number of carbonyl (C=O) groups excluding carboxylic acids is 2. The van der Waals surface area contributed by atoms with Gasteiger partial charge in [-0.3, -0.25) is 0 Å². The highest BCUT2D eigenvalue weighted by atomic mass is 35.5. The van der Waals surface area contributed by atoms with Crippen molar-refractivity contribution in [2.45, 2.75) is 65.7 Å². The van der Waals surface area contributed by atoms with E-state index in [0.717, 1.165) is 5.56 Å². The van der Waals surface area contributed by atoms with Gasteiger partial charge >= 0.3 is 12.0 Å². The highest BCUT2D eigenvalue weighted by molar-refractivity contribution is 6.31. The number of benzene rings is 1. The third kappa shape index (κ3) is 8.54. The molecule has 0 aliphatic heterocycles. The maximum absolute atomic E-state index is 12.4. The number of urea groups is 1. The van der Waals surface area contributed by atoms with Crippen molar-refractivity contribution in [1.29, 1.82) is 0 Å². The first kappa shape index (κ1) is 22.3. The molecular weight excluding hydrogens is 356 g/mol. The average molecular weight is 385 g/mol. The highest BCUT2D eigenvalue weighted by Crippen LogP contribution is 2.20. The molecule has 0 heterocycles. The fourth-order valence-corrected chi connectivity index (χ4v) is 2.09. The van der Waals surface area contributed by atoms with Gasteiger partial charge in [-0.25, -0.2) is 9.59 Å². The van der Waals surface area contributed by atoms with Crippen LogP contribution in [0.5, 0.6) is 0 Å². The van der Waals surface area contributed by atoms with Crippen LogP contribution < -0.4 is 10.6 Å². The Kier molecular flexibility index (Phi) is 7.47. The molecule has 1 aromatic rings. The van der Waals surface area contributed by atoms with Gasteiger partial charge in [0.1, 0.15) is 5.60 Å². The van der Waals surface area contributed by atoms with E-state index in [2.05, 4.69) is 10.6 Å². The number of aryl methyl sites for hydroxylation is 1. The second kappa shape index (κ2) is 8.73. The number of halogens is 1. The molecule has 0 saturated heterocycles. The first-order chi connectivity index (χ1) is 11.8. The second-order valence-corrected chi connectivity index (χ2v) is 8.50. The minimum atomic E-state index is -0.937. The van der Waals surface area contributed by atoms with Gasteiger partial charge in [0.15, 0.2) is 6.04 Å². The van der Waals surface area contributed by atoms with Crippen LogP contribution in [0.2, 0.25) is 5.02 Å². The van der Waals surface area contributed by atoms with E-state index >= 15 is 0 Å². The maximum Gasteiger partial charge on any atom is 0.331 e. The van der Waals surface area contributed by atoms with Gasteiger partial charge in [-0.05, 0) is 66.2 Å². The van der Waals surface area contributed by atoms with Gasteiger partial charge in [-0.15, -0.1) is 0 Å². The predicted octanol–water partition coefficient (Wildman–Crippen LogP) is 4.30. The Hall–Kier alpha value is -1.79. The van der Waals surface area contributed by atoms with Gasteiger partial charge in [0.2, 0.25) is 0 Å². The second-order valence-electron chi connectivity index (χ2n) is 8.07. The molecular formula is C19H29ClN2O4. The molecule has 0 radical (unpaired) electrons. The van der Waals surface area contributed by atoms with Crippen LogP contribution in [0.4, 0.5) is 10.5 Å². The van der Waals surface area contributed by atoms with Crippen LogP contribution >= 0.6 is 11.6 Å². The Balaban J connectivity index is 2.84. The topological polar surface area (TPSA) is 76.7 Å². The van der Waals surface area contributed by atoms with Gasteiger partial charge < -0.3 is 20.1 Å². The van der Waals surface area contributed by atoms with Crippen molar-refractivity contribution in [3.8, 4) is 0 Å². The molecule has 0 spiro atoms. The zero-order valence-corrected chi connectivity index (χ0v) is 17.3. The lowest BCUT2D eigenvalue weighted by Crippen LogP contribution is -2.49. The van der Waals surface area contributed by atoms with Gasteiger partial charge in [0.25, 0.3) is 0 Å². The standard InChI is InChI=1S/C19H29ClN2O4/c1-12-8-9-13(20)10-14(12)21-17(24)22-15(11-25-18(2,3)4)16(23)26-19(5,6)7/h8-10,15H,11H2,1-7H3,(H2,21,22,24). The largest absolute Gasteiger partial charge is 0.458 e. The lowest BCUT2D eigenvalue weighted by molar-refractivity contribution is -0.160. The highest BCUT2D eigenvalue weighted by Gasteiger charge is 2.28. The molecule has 26 heavy (non-hydrogen) atoms. The Morgan fingerprint density at radius 3 is 2.27 bits per heavy atom. The van der Waals surface area contributed by atoms with Crippen molar-refractivity contribution >= 4 is 29.3 Å². The molecule has 0 aliphatic carbocycles. The third-order valence-corrected chi connectivity index (χ3v) is 3.36. The molecule has 1 unspecified atom stereocenters. The Morgan fingerprint density at radius 2 is 1.73 bits per heavy atom. The minimum absolute atomic E-state index is 0.000358. The summed E-state index contributed by atoms with van der Waals surface area (Å²) in [6.07, 6.45) is 0. The fraction of sp³-hybridized carbons (Fsp3) is 0.579. The van der Waals surface area contributed by atoms with E-state index in [4.69, 9.17) is 21.1 Å². The molecule has 6 nitrogen and oxygen atoms in total. The number of amides is 2. The van der Waals surface area contributed by atoms with Crippen molar-refractivity contribution in [3.05, 3.63) is 28.8 Å². The summed E-state index contributed by atoms with van der Waals surface area (Å²) in [5, 5.41) is 5.82. The maximum atomic E-state index is 12.4. The first-order valence-electron chi connectivity index (χ1n) is 8.47. The van der Waals surface area contributed by atoms with Crippen molar-refractivity contribution in [1.82, 2.24) is 5.32 Å². The molecule has 0 saturated carbocycles. The molecule has 7 heteroatoms. The number of ether oxygens (including phenoxy) is 2. The Labute approximate surface area is 160 Å². The number of hydrogen-bond acceptors (Lipinski definition) is 4. The summed E-state index contributed by atoms with van der Waals surface area (Å²) in [7, 11) is 0. The normalized spacial score (nSPS) is 13.1. The van der Waals surface area contributed by atoms with E-state index in [1.807, 2.05) is 27.7 Å². The van der Waals surface area contributed by atoms with Crippen LogP contribution in [0.15, 0.2) is 18.2 Å². The van der Waals surface area contributed by atoms with Gasteiger partial charge in [0, 0.05) is 10.7 Å².